The maximum absolute atomic E-state index is 12.2. The smallest absolute Gasteiger partial charge is 0.252 e. The summed E-state index contributed by atoms with van der Waals surface area (Å²) in [7, 11) is 0. The van der Waals surface area contributed by atoms with Crippen LogP contribution in [0, 0.1) is 0 Å². The van der Waals surface area contributed by atoms with Gasteiger partial charge >= 0.3 is 0 Å². The van der Waals surface area contributed by atoms with Crippen LogP contribution in [-0.4, -0.2) is 33.5 Å². The minimum absolute atomic E-state index is 0.0895. The Morgan fingerprint density at radius 1 is 1.07 bits per heavy atom. The lowest BCUT2D eigenvalue weighted by Crippen LogP contribution is -2.34. The van der Waals surface area contributed by atoms with Gasteiger partial charge in [0.2, 0.25) is 0 Å². The number of aromatic nitrogens is 3. The molecule has 29 heavy (non-hydrogen) atoms. The van der Waals surface area contributed by atoms with Gasteiger partial charge in [-0.3, -0.25) is 9.78 Å². The van der Waals surface area contributed by atoms with Crippen molar-refractivity contribution in [2.24, 2.45) is 0 Å². The highest BCUT2D eigenvalue weighted by molar-refractivity contribution is 5.94. The highest BCUT2D eigenvalue weighted by Crippen LogP contribution is 2.36. The van der Waals surface area contributed by atoms with Crippen molar-refractivity contribution in [1.82, 2.24) is 20.3 Å². The predicted molar refractivity (Wildman–Crippen MR) is 110 cm³/mol. The molecule has 0 bridgehead atoms. The van der Waals surface area contributed by atoms with E-state index in [1.54, 1.807) is 36.9 Å². The van der Waals surface area contributed by atoms with Crippen LogP contribution < -0.4 is 10.1 Å². The van der Waals surface area contributed by atoms with Crippen molar-refractivity contribution in [3.05, 3.63) is 84.4 Å². The first-order valence-corrected chi connectivity index (χ1v) is 9.46. The Morgan fingerprint density at radius 2 is 1.97 bits per heavy atom. The maximum atomic E-state index is 12.2. The molecule has 1 atom stereocenters. The zero-order chi connectivity index (χ0) is 19.6. The summed E-state index contributed by atoms with van der Waals surface area (Å²) in [5, 5.41) is 5.21. The molecule has 1 N–H and O–H groups in total. The minimum Gasteiger partial charge on any atom is -0.488 e. The number of amides is 1. The standard InChI is InChI=1S/C23H18N4O2/c28-23(17-3-1-8-24-13-17)27-14-18-12-20-19-6-4-16(22-25-9-2-10-26-22)11-15(19)5-7-21(20)29-18/h1-11,13,18H,12,14H2,(H,27,28). The molecule has 6 nitrogen and oxygen atoms in total. The third kappa shape index (κ3) is 3.40. The van der Waals surface area contributed by atoms with Crippen molar-refractivity contribution in [2.45, 2.75) is 12.5 Å². The SMILES string of the molecule is O=C(NCC1Cc2c(ccc3cc(-c4ncccn4)ccc23)O1)c1cccnc1. The van der Waals surface area contributed by atoms with Gasteiger partial charge in [0.15, 0.2) is 5.82 Å². The first-order valence-electron chi connectivity index (χ1n) is 9.46. The normalized spacial score (nSPS) is 15.0. The molecule has 2 aromatic carbocycles. The quantitative estimate of drug-likeness (QED) is 0.585. The number of nitrogens with zero attached hydrogens (tertiary/aromatic N) is 3. The molecule has 0 aliphatic carbocycles. The topological polar surface area (TPSA) is 77.0 Å². The van der Waals surface area contributed by atoms with Crippen molar-refractivity contribution >= 4 is 16.7 Å². The molecule has 142 valence electrons. The van der Waals surface area contributed by atoms with Crippen LogP contribution >= 0.6 is 0 Å². The van der Waals surface area contributed by atoms with E-state index in [0.717, 1.165) is 28.5 Å². The third-order valence-corrected chi connectivity index (χ3v) is 5.05. The lowest BCUT2D eigenvalue weighted by molar-refractivity contribution is 0.0933. The van der Waals surface area contributed by atoms with Gasteiger partial charge in [0, 0.05) is 42.3 Å². The van der Waals surface area contributed by atoms with Crippen LogP contribution in [0.3, 0.4) is 0 Å². The molecule has 1 aliphatic heterocycles. The summed E-state index contributed by atoms with van der Waals surface area (Å²) in [5.74, 6) is 1.44. The minimum atomic E-state index is -0.144. The summed E-state index contributed by atoms with van der Waals surface area (Å²) >= 11 is 0. The molecule has 0 radical (unpaired) electrons. The Balaban J connectivity index is 1.34. The lowest BCUT2D eigenvalue weighted by atomic mass is 9.99. The van der Waals surface area contributed by atoms with Gasteiger partial charge in [-0.25, -0.2) is 9.97 Å². The largest absolute Gasteiger partial charge is 0.488 e. The van der Waals surface area contributed by atoms with E-state index in [9.17, 15) is 4.79 Å². The average molecular weight is 382 g/mol. The van der Waals surface area contributed by atoms with E-state index < -0.39 is 0 Å². The first-order chi connectivity index (χ1) is 14.3. The van der Waals surface area contributed by atoms with Crippen LogP contribution in [0.15, 0.2) is 73.3 Å². The van der Waals surface area contributed by atoms with Gasteiger partial charge in [0.25, 0.3) is 5.91 Å². The number of fused-ring (bicyclic) bond motifs is 3. The Kier molecular flexibility index (Phi) is 4.37. The van der Waals surface area contributed by atoms with Crippen LogP contribution in [0.25, 0.3) is 22.2 Å². The van der Waals surface area contributed by atoms with Crippen molar-refractivity contribution in [3.63, 3.8) is 0 Å². The lowest BCUT2D eigenvalue weighted by Gasteiger charge is -2.11. The van der Waals surface area contributed by atoms with E-state index in [4.69, 9.17) is 4.74 Å². The fraction of sp³-hybridized carbons (Fsp3) is 0.130. The molecule has 6 heteroatoms. The second kappa shape index (κ2) is 7.31. The Bertz CT molecular complexity index is 1180. The number of ether oxygens (including phenoxy) is 1. The number of hydrogen-bond donors (Lipinski definition) is 1. The highest BCUT2D eigenvalue weighted by Gasteiger charge is 2.25. The fourth-order valence-corrected chi connectivity index (χ4v) is 3.65. The summed E-state index contributed by atoms with van der Waals surface area (Å²) < 4.78 is 6.06. The van der Waals surface area contributed by atoms with Gasteiger partial charge in [-0.2, -0.15) is 0 Å². The fourth-order valence-electron chi connectivity index (χ4n) is 3.65. The van der Waals surface area contributed by atoms with Crippen molar-refractivity contribution < 1.29 is 9.53 Å². The van der Waals surface area contributed by atoms with Crippen molar-refractivity contribution in [2.75, 3.05) is 6.54 Å². The highest BCUT2D eigenvalue weighted by atomic mass is 16.5. The Morgan fingerprint density at radius 3 is 2.79 bits per heavy atom. The van der Waals surface area contributed by atoms with Gasteiger partial charge < -0.3 is 10.1 Å². The molecule has 1 amide bonds. The molecule has 0 fully saturated rings. The average Bonchev–Trinajstić information content (AvgIpc) is 3.22. The molecular weight excluding hydrogens is 364 g/mol. The van der Waals surface area contributed by atoms with Gasteiger partial charge in [-0.15, -0.1) is 0 Å². The number of pyridine rings is 1. The van der Waals surface area contributed by atoms with Crippen LogP contribution in [0.1, 0.15) is 15.9 Å². The number of hydrogen-bond acceptors (Lipinski definition) is 5. The number of carbonyl (C=O) groups is 1. The van der Waals surface area contributed by atoms with E-state index in [2.05, 4.69) is 38.5 Å². The molecule has 0 spiro atoms. The van der Waals surface area contributed by atoms with Crippen LogP contribution in [0.5, 0.6) is 5.75 Å². The molecule has 0 saturated carbocycles. The second-order valence-corrected chi connectivity index (χ2v) is 6.95. The summed E-state index contributed by atoms with van der Waals surface area (Å²) in [6, 6.07) is 15.6. The second-order valence-electron chi connectivity index (χ2n) is 6.95. The number of nitrogens with one attached hydrogen (secondary N) is 1. The number of carbonyl (C=O) groups excluding carboxylic acids is 1. The molecule has 1 aliphatic rings. The maximum Gasteiger partial charge on any atom is 0.252 e. The molecular formula is C23H18N4O2. The van der Waals surface area contributed by atoms with E-state index in [0.29, 0.717) is 17.9 Å². The molecule has 3 heterocycles. The van der Waals surface area contributed by atoms with Gasteiger partial charge in [-0.1, -0.05) is 18.2 Å². The van der Waals surface area contributed by atoms with E-state index in [1.165, 1.54) is 5.56 Å². The first kappa shape index (κ1) is 17.3. The van der Waals surface area contributed by atoms with Gasteiger partial charge in [0.1, 0.15) is 11.9 Å². The Hall–Kier alpha value is -3.80. The van der Waals surface area contributed by atoms with Crippen LogP contribution in [0.4, 0.5) is 0 Å². The van der Waals surface area contributed by atoms with Crippen LogP contribution in [0.2, 0.25) is 0 Å². The van der Waals surface area contributed by atoms with E-state index in [-0.39, 0.29) is 12.0 Å². The van der Waals surface area contributed by atoms with Crippen LogP contribution in [-0.2, 0) is 6.42 Å². The van der Waals surface area contributed by atoms with E-state index >= 15 is 0 Å². The number of rotatable bonds is 4. The third-order valence-electron chi connectivity index (χ3n) is 5.05. The zero-order valence-electron chi connectivity index (χ0n) is 15.6. The predicted octanol–water partition coefficient (Wildman–Crippen LogP) is 3.43. The molecule has 0 saturated heterocycles. The van der Waals surface area contributed by atoms with Crippen molar-refractivity contribution in [3.8, 4) is 17.1 Å². The van der Waals surface area contributed by atoms with Crippen molar-refractivity contribution in [1.29, 1.82) is 0 Å². The van der Waals surface area contributed by atoms with Gasteiger partial charge in [0.05, 0.1) is 12.1 Å². The summed E-state index contributed by atoms with van der Waals surface area (Å²) in [4.78, 5) is 24.9. The summed E-state index contributed by atoms with van der Waals surface area (Å²) in [6.45, 7) is 0.444. The molecule has 5 rings (SSSR count). The summed E-state index contributed by atoms with van der Waals surface area (Å²) in [5.41, 5.74) is 2.70. The zero-order valence-corrected chi connectivity index (χ0v) is 15.6. The monoisotopic (exact) mass is 382 g/mol. The molecule has 4 aromatic rings. The molecule has 2 aromatic heterocycles. The number of benzene rings is 2. The molecule has 1 unspecified atom stereocenters. The van der Waals surface area contributed by atoms with E-state index in [1.807, 2.05) is 18.2 Å². The Labute approximate surface area is 167 Å². The van der Waals surface area contributed by atoms with Gasteiger partial charge in [-0.05, 0) is 41.1 Å². The summed E-state index contributed by atoms with van der Waals surface area (Å²) in [6.07, 6.45) is 7.35.